The molecule has 5 rings (SSSR count). The highest BCUT2D eigenvalue weighted by atomic mass is 19.1. The first-order chi connectivity index (χ1) is 19.9. The number of halogens is 2. The number of allylic oxidation sites excluding steroid dienone is 2. The van der Waals surface area contributed by atoms with Crippen molar-refractivity contribution in [1.82, 2.24) is 0 Å². The van der Waals surface area contributed by atoms with Crippen LogP contribution in [0.1, 0.15) is 52.6 Å². The van der Waals surface area contributed by atoms with E-state index in [2.05, 4.69) is 0 Å². The summed E-state index contributed by atoms with van der Waals surface area (Å²) in [5.74, 6) is -0.763. The van der Waals surface area contributed by atoms with E-state index in [0.717, 1.165) is 17.5 Å². The average Bonchev–Trinajstić information content (AvgIpc) is 2.99. The molecule has 3 nitrogen and oxygen atoms in total. The molecule has 0 aromatic heterocycles. The van der Waals surface area contributed by atoms with Crippen LogP contribution in [0.2, 0.25) is 0 Å². The highest BCUT2D eigenvalue weighted by Gasteiger charge is 2.23. The fraction of sp³-hybridized carbons (Fsp3) is 0.194. The molecule has 41 heavy (non-hydrogen) atoms. The number of hydrogen-bond acceptors (Lipinski definition) is 3. The summed E-state index contributed by atoms with van der Waals surface area (Å²) in [6, 6.07) is 26.0. The van der Waals surface area contributed by atoms with Crippen molar-refractivity contribution in [1.29, 1.82) is 0 Å². The molecule has 5 heteroatoms. The molecule has 0 radical (unpaired) electrons. The summed E-state index contributed by atoms with van der Waals surface area (Å²) in [6.45, 7) is 3.79. The normalized spacial score (nSPS) is 15.4. The van der Waals surface area contributed by atoms with Gasteiger partial charge in [0.05, 0.1) is 0 Å². The van der Waals surface area contributed by atoms with Gasteiger partial charge in [0.25, 0.3) is 0 Å². The minimum absolute atomic E-state index is 0.127. The lowest BCUT2D eigenvalue weighted by atomic mass is 9.86. The van der Waals surface area contributed by atoms with Gasteiger partial charge in [0, 0.05) is 22.3 Å². The molecule has 0 heterocycles. The first kappa shape index (κ1) is 28.0. The van der Waals surface area contributed by atoms with Crippen LogP contribution >= 0.6 is 0 Å². The van der Waals surface area contributed by atoms with Crippen molar-refractivity contribution in [2.24, 2.45) is 0 Å². The predicted octanol–water partition coefficient (Wildman–Crippen LogP) is 8.96. The van der Waals surface area contributed by atoms with Crippen molar-refractivity contribution in [2.75, 3.05) is 0 Å². The van der Waals surface area contributed by atoms with Crippen molar-refractivity contribution >= 4 is 17.9 Å². The molecule has 0 N–H and O–H groups in total. The molecule has 1 fully saturated rings. The molecule has 0 aliphatic heterocycles. The van der Waals surface area contributed by atoms with Gasteiger partial charge < -0.3 is 9.47 Å². The molecule has 0 saturated heterocycles. The first-order valence-corrected chi connectivity index (χ1v) is 13.8. The SMILES string of the molecule is Cc1ccc(C=C2CCCC(=Cc3ccc(C)c(F)c3OCc3ccccc3)C2=O)c(OCc2ccccc2)c1F. The summed E-state index contributed by atoms with van der Waals surface area (Å²) in [4.78, 5) is 13.6. The Bertz CT molecular complexity index is 1490. The number of benzene rings is 4. The Kier molecular flexibility index (Phi) is 8.73. The van der Waals surface area contributed by atoms with E-state index in [1.165, 1.54) is 0 Å². The largest absolute Gasteiger partial charge is 0.485 e. The maximum Gasteiger partial charge on any atom is 0.185 e. The smallest absolute Gasteiger partial charge is 0.185 e. The second-order valence-electron chi connectivity index (χ2n) is 10.3. The van der Waals surface area contributed by atoms with Crippen LogP contribution in [-0.4, -0.2) is 5.78 Å². The molecular weight excluding hydrogens is 518 g/mol. The number of carbonyl (C=O) groups is 1. The fourth-order valence-electron chi connectivity index (χ4n) is 4.87. The second-order valence-corrected chi connectivity index (χ2v) is 10.3. The summed E-state index contributed by atoms with van der Waals surface area (Å²) >= 11 is 0. The van der Waals surface area contributed by atoms with E-state index in [9.17, 15) is 4.79 Å². The van der Waals surface area contributed by atoms with Crippen molar-refractivity contribution in [3.05, 3.63) is 141 Å². The topological polar surface area (TPSA) is 35.5 Å². The standard InChI is InChI=1S/C36H32F2O3/c1-24-16-18-30(35(32(24)37)40-22-26-10-5-3-6-11-26)20-28-14-9-15-29(34(28)39)21-31-19-17-25(2)33(38)36(31)41-23-27-12-7-4-8-13-27/h3-8,10-13,16-21H,9,14-15,22-23H2,1-2H3. The van der Waals surface area contributed by atoms with Gasteiger partial charge in [-0.3, -0.25) is 4.79 Å². The van der Waals surface area contributed by atoms with Crippen molar-refractivity contribution in [2.45, 2.75) is 46.3 Å². The van der Waals surface area contributed by atoms with Gasteiger partial charge in [0.2, 0.25) is 0 Å². The molecule has 0 atom stereocenters. The summed E-state index contributed by atoms with van der Waals surface area (Å²) in [7, 11) is 0. The Morgan fingerprint density at radius 3 is 1.46 bits per heavy atom. The number of rotatable bonds is 8. The van der Waals surface area contributed by atoms with Crippen LogP contribution < -0.4 is 9.47 Å². The van der Waals surface area contributed by atoms with Gasteiger partial charge in [-0.25, -0.2) is 8.78 Å². The molecule has 0 spiro atoms. The van der Waals surface area contributed by atoms with E-state index in [4.69, 9.17) is 9.47 Å². The number of Topliss-reactive ketones (excluding diaryl/α,β-unsaturated/α-hetero) is 1. The molecule has 0 bridgehead atoms. The van der Waals surface area contributed by atoms with Gasteiger partial charge in [-0.2, -0.15) is 0 Å². The molecule has 4 aromatic carbocycles. The summed E-state index contributed by atoms with van der Waals surface area (Å²) in [5.41, 5.74) is 4.93. The third-order valence-corrected chi connectivity index (χ3v) is 7.23. The van der Waals surface area contributed by atoms with Gasteiger partial charge in [0.15, 0.2) is 28.9 Å². The third kappa shape index (κ3) is 6.63. The number of ketones is 1. The van der Waals surface area contributed by atoms with Crippen LogP contribution in [0.15, 0.2) is 96.1 Å². The Balaban J connectivity index is 1.43. The van der Waals surface area contributed by atoms with E-state index in [0.29, 0.717) is 46.2 Å². The molecule has 208 valence electrons. The zero-order chi connectivity index (χ0) is 28.8. The minimum atomic E-state index is -0.440. The fourth-order valence-corrected chi connectivity index (χ4v) is 4.87. The molecule has 1 aliphatic rings. The highest BCUT2D eigenvalue weighted by Crippen LogP contribution is 2.35. The molecule has 1 saturated carbocycles. The number of hydrogen-bond donors (Lipinski definition) is 0. The van der Waals surface area contributed by atoms with E-state index in [-0.39, 0.29) is 30.5 Å². The van der Waals surface area contributed by atoms with Crippen LogP contribution in [0.3, 0.4) is 0 Å². The Morgan fingerprint density at radius 2 is 1.05 bits per heavy atom. The van der Waals surface area contributed by atoms with E-state index in [1.807, 2.05) is 60.7 Å². The first-order valence-electron chi connectivity index (χ1n) is 13.8. The average molecular weight is 551 g/mol. The number of ether oxygens (including phenoxy) is 2. The van der Waals surface area contributed by atoms with Crippen LogP contribution in [0, 0.1) is 25.5 Å². The molecule has 0 unspecified atom stereocenters. The van der Waals surface area contributed by atoms with Gasteiger partial charge in [-0.15, -0.1) is 0 Å². The van der Waals surface area contributed by atoms with Crippen LogP contribution in [0.25, 0.3) is 12.2 Å². The third-order valence-electron chi connectivity index (χ3n) is 7.23. The van der Waals surface area contributed by atoms with Crippen LogP contribution in [0.4, 0.5) is 8.78 Å². The van der Waals surface area contributed by atoms with Crippen molar-refractivity contribution in [3.63, 3.8) is 0 Å². The zero-order valence-corrected chi connectivity index (χ0v) is 23.3. The minimum Gasteiger partial charge on any atom is -0.485 e. The Labute approximate surface area is 239 Å². The van der Waals surface area contributed by atoms with Gasteiger partial charge in [-0.05, 0) is 67.5 Å². The quantitative estimate of drug-likeness (QED) is 0.205. The Morgan fingerprint density at radius 1 is 0.634 bits per heavy atom. The molecule has 1 aliphatic carbocycles. The van der Waals surface area contributed by atoms with Gasteiger partial charge in [-0.1, -0.05) is 84.9 Å². The monoisotopic (exact) mass is 550 g/mol. The van der Waals surface area contributed by atoms with Crippen molar-refractivity contribution in [3.8, 4) is 11.5 Å². The lowest BCUT2D eigenvalue weighted by Crippen LogP contribution is -2.13. The zero-order valence-electron chi connectivity index (χ0n) is 23.3. The Hall–Kier alpha value is -4.51. The second kappa shape index (κ2) is 12.8. The predicted molar refractivity (Wildman–Crippen MR) is 159 cm³/mol. The van der Waals surface area contributed by atoms with Crippen molar-refractivity contribution < 1.29 is 23.0 Å². The molecule has 0 amide bonds. The summed E-state index contributed by atoms with van der Waals surface area (Å²) < 4.78 is 42.2. The lowest BCUT2D eigenvalue weighted by molar-refractivity contribution is -0.112. The lowest BCUT2D eigenvalue weighted by Gasteiger charge is -2.19. The van der Waals surface area contributed by atoms with Gasteiger partial charge in [0.1, 0.15) is 13.2 Å². The highest BCUT2D eigenvalue weighted by molar-refractivity contribution is 6.14. The summed E-state index contributed by atoms with van der Waals surface area (Å²) in [5, 5.41) is 0. The molecule has 4 aromatic rings. The number of carbonyl (C=O) groups excluding carboxylic acids is 1. The molecular formula is C36H32F2O3. The maximum absolute atomic E-state index is 15.2. The maximum atomic E-state index is 15.2. The van der Waals surface area contributed by atoms with E-state index in [1.54, 1.807) is 50.3 Å². The van der Waals surface area contributed by atoms with Gasteiger partial charge >= 0.3 is 0 Å². The summed E-state index contributed by atoms with van der Waals surface area (Å²) in [6.07, 6.45) is 5.31. The van der Waals surface area contributed by atoms with E-state index < -0.39 is 11.6 Å². The van der Waals surface area contributed by atoms with Crippen LogP contribution in [0.5, 0.6) is 11.5 Å². The van der Waals surface area contributed by atoms with E-state index >= 15 is 8.78 Å². The number of aryl methyl sites for hydroxylation is 2. The van der Waals surface area contributed by atoms with Crippen LogP contribution in [-0.2, 0) is 18.0 Å².